The Morgan fingerprint density at radius 3 is 2.00 bits per heavy atom. The van der Waals surface area contributed by atoms with E-state index < -0.39 is 18.7 Å². The first kappa shape index (κ1) is 14.7. The fourth-order valence-electron chi connectivity index (χ4n) is 1.37. The van der Waals surface area contributed by atoms with Gasteiger partial charge < -0.3 is 0 Å². The average molecular weight is 348 g/mol. The quantitative estimate of drug-likeness (QED) is 0.577. The molecule has 6 heteroatoms. The Morgan fingerprint density at radius 1 is 1.12 bits per heavy atom. The maximum atomic E-state index is 6.69. The zero-order chi connectivity index (χ0) is 12.1. The third-order valence-corrected chi connectivity index (χ3v) is 16.1. The molecule has 0 atom stereocenters. The summed E-state index contributed by atoms with van der Waals surface area (Å²) in [7, 11) is 6.10. The predicted molar refractivity (Wildman–Crippen MR) is 73.7 cm³/mol. The number of halogens is 2. The second-order valence-corrected chi connectivity index (χ2v) is 16.2. The second-order valence-electron chi connectivity index (χ2n) is 3.03. The molecule has 0 radical (unpaired) electrons. The molecule has 1 aromatic carbocycles. The van der Waals surface area contributed by atoms with E-state index in [2.05, 4.69) is 0 Å². The standard InChI is InChI=1S/C10H15Cl2O2PSe/c1-3-13-15(11,16-12,14-4-2)10-8-6-5-7-9-10/h5-9H,3-4H2,1-2H3. The maximum absolute atomic E-state index is 6.69. The van der Waals surface area contributed by atoms with Crippen LogP contribution in [0.15, 0.2) is 30.3 Å². The summed E-state index contributed by atoms with van der Waals surface area (Å²) >= 11 is 6.25. The van der Waals surface area contributed by atoms with Crippen molar-refractivity contribution in [3.05, 3.63) is 30.3 Å². The van der Waals surface area contributed by atoms with Crippen LogP contribution in [0.1, 0.15) is 13.8 Å². The molecule has 92 valence electrons. The Morgan fingerprint density at radius 2 is 1.62 bits per heavy atom. The molecule has 1 aromatic rings. The monoisotopic (exact) mass is 348 g/mol. The molecule has 0 heterocycles. The molecule has 1 rings (SSSR count). The Labute approximate surface area is 111 Å². The number of hydrogen-bond acceptors (Lipinski definition) is 2. The van der Waals surface area contributed by atoms with Crippen molar-refractivity contribution in [1.82, 2.24) is 0 Å². The summed E-state index contributed by atoms with van der Waals surface area (Å²) in [6.45, 7) is 4.78. The number of benzene rings is 1. The summed E-state index contributed by atoms with van der Waals surface area (Å²) in [5.41, 5.74) is 0. The van der Waals surface area contributed by atoms with E-state index >= 15 is 0 Å². The van der Waals surface area contributed by atoms with E-state index in [1.54, 1.807) is 0 Å². The van der Waals surface area contributed by atoms with Gasteiger partial charge in [0.2, 0.25) is 0 Å². The van der Waals surface area contributed by atoms with Gasteiger partial charge in [-0.1, -0.05) is 0 Å². The summed E-state index contributed by atoms with van der Waals surface area (Å²) in [6.07, 6.45) is 0. The van der Waals surface area contributed by atoms with Crippen LogP contribution >= 0.6 is 26.4 Å². The first-order chi connectivity index (χ1) is 7.59. The summed E-state index contributed by atoms with van der Waals surface area (Å²) < 4.78 is 11.5. The summed E-state index contributed by atoms with van der Waals surface area (Å²) in [5, 5.41) is -2.46. The molecule has 0 unspecified atom stereocenters. The van der Waals surface area contributed by atoms with Crippen LogP contribution < -0.4 is 5.30 Å². The van der Waals surface area contributed by atoms with Gasteiger partial charge in [0.25, 0.3) is 0 Å². The molecular weight excluding hydrogens is 333 g/mol. The first-order valence-electron chi connectivity index (χ1n) is 5.00. The predicted octanol–water partition coefficient (Wildman–Crippen LogP) is 3.70. The Bertz CT molecular complexity index is 331. The fraction of sp³-hybridized carbons (Fsp3) is 0.400. The van der Waals surface area contributed by atoms with Crippen molar-refractivity contribution >= 4 is 45.3 Å². The van der Waals surface area contributed by atoms with Gasteiger partial charge in [-0.3, -0.25) is 0 Å². The molecule has 0 N–H and O–H groups in total. The SMILES string of the molecule is CCOP(Cl)(OCC)([Se]Cl)c1ccccc1. The zero-order valence-corrected chi connectivity index (χ0v) is 13.3. The van der Waals surface area contributed by atoms with Crippen LogP contribution in [0, 0.1) is 0 Å². The van der Waals surface area contributed by atoms with Crippen molar-refractivity contribution in [1.29, 1.82) is 0 Å². The molecule has 0 fully saturated rings. The van der Waals surface area contributed by atoms with Crippen LogP contribution in [0.25, 0.3) is 0 Å². The van der Waals surface area contributed by atoms with Crippen LogP contribution in [0.2, 0.25) is 0 Å². The van der Waals surface area contributed by atoms with Crippen LogP contribution in [-0.2, 0) is 9.05 Å². The van der Waals surface area contributed by atoms with Crippen LogP contribution in [0.3, 0.4) is 0 Å². The summed E-state index contributed by atoms with van der Waals surface area (Å²) in [4.78, 5) is 0. The van der Waals surface area contributed by atoms with Gasteiger partial charge in [-0.2, -0.15) is 0 Å². The van der Waals surface area contributed by atoms with Gasteiger partial charge in [-0.15, -0.1) is 0 Å². The number of rotatable bonds is 6. The van der Waals surface area contributed by atoms with Crippen molar-refractivity contribution in [3.8, 4) is 0 Å². The number of hydrogen-bond donors (Lipinski definition) is 0. The van der Waals surface area contributed by atoms with Gasteiger partial charge in [-0.25, -0.2) is 0 Å². The minimum atomic E-state index is -3.33. The first-order valence-corrected chi connectivity index (χ1v) is 12.4. The molecule has 0 aromatic heterocycles. The van der Waals surface area contributed by atoms with E-state index in [0.717, 1.165) is 5.30 Å². The molecule has 0 saturated heterocycles. The van der Waals surface area contributed by atoms with Gasteiger partial charge in [0, 0.05) is 0 Å². The summed E-state index contributed by atoms with van der Waals surface area (Å²) in [6, 6.07) is 9.60. The third-order valence-electron chi connectivity index (χ3n) is 1.98. The van der Waals surface area contributed by atoms with Gasteiger partial charge in [0.05, 0.1) is 0 Å². The molecule has 0 aliphatic rings. The average Bonchev–Trinajstić information content (AvgIpc) is 2.31. The molecule has 0 spiro atoms. The van der Waals surface area contributed by atoms with Crippen LogP contribution in [0.4, 0.5) is 0 Å². The summed E-state index contributed by atoms with van der Waals surface area (Å²) in [5.74, 6) is 0. The van der Waals surface area contributed by atoms with Crippen molar-refractivity contribution in [3.63, 3.8) is 0 Å². The Kier molecular flexibility index (Phi) is 5.54. The molecule has 0 saturated carbocycles. The van der Waals surface area contributed by atoms with Crippen LogP contribution in [-0.4, -0.2) is 26.8 Å². The van der Waals surface area contributed by atoms with Crippen molar-refractivity contribution in [2.45, 2.75) is 13.8 Å². The van der Waals surface area contributed by atoms with Crippen molar-refractivity contribution in [2.75, 3.05) is 13.2 Å². The van der Waals surface area contributed by atoms with E-state index in [1.807, 2.05) is 44.2 Å². The Balaban J connectivity index is 3.22. The molecule has 0 aliphatic carbocycles. The molecule has 0 bridgehead atoms. The zero-order valence-electron chi connectivity index (χ0n) is 9.23. The topological polar surface area (TPSA) is 18.5 Å². The molecule has 0 aliphatic heterocycles. The Hall–Kier alpha value is 0.669. The van der Waals surface area contributed by atoms with E-state index in [4.69, 9.17) is 30.4 Å². The second kappa shape index (κ2) is 6.02. The van der Waals surface area contributed by atoms with Gasteiger partial charge >= 0.3 is 112 Å². The third kappa shape index (κ3) is 2.91. The minimum absolute atomic E-state index is 0.444. The van der Waals surface area contributed by atoms with Gasteiger partial charge in [0.15, 0.2) is 0 Å². The molecule has 16 heavy (non-hydrogen) atoms. The normalized spacial score (nSPS) is 14.4. The van der Waals surface area contributed by atoms with Crippen LogP contribution in [0.5, 0.6) is 0 Å². The van der Waals surface area contributed by atoms with Gasteiger partial charge in [-0.05, 0) is 0 Å². The van der Waals surface area contributed by atoms with Gasteiger partial charge in [0.1, 0.15) is 0 Å². The van der Waals surface area contributed by atoms with E-state index in [9.17, 15) is 0 Å². The van der Waals surface area contributed by atoms with Crippen molar-refractivity contribution < 1.29 is 9.05 Å². The molecular formula is C10H15Cl2O2PSe. The molecule has 2 nitrogen and oxygen atoms in total. The van der Waals surface area contributed by atoms with E-state index in [0.29, 0.717) is 13.2 Å². The molecule has 0 amide bonds. The van der Waals surface area contributed by atoms with Crippen molar-refractivity contribution in [2.24, 2.45) is 0 Å². The van der Waals surface area contributed by atoms with E-state index in [-0.39, 0.29) is 0 Å². The van der Waals surface area contributed by atoms with E-state index in [1.165, 1.54) is 0 Å². The fourth-order valence-corrected chi connectivity index (χ4v) is 9.93.